The van der Waals surface area contributed by atoms with Crippen LogP contribution >= 0.6 is 23.2 Å². The molecule has 34 heavy (non-hydrogen) atoms. The maximum atomic E-state index is 13.6. The first-order valence-corrected chi connectivity index (χ1v) is 12.8. The fourth-order valence-electron chi connectivity index (χ4n) is 3.27. The van der Waals surface area contributed by atoms with E-state index in [4.69, 9.17) is 23.2 Å². The second kappa shape index (κ2) is 11.8. The highest BCUT2D eigenvalue weighted by molar-refractivity contribution is 7.92. The van der Waals surface area contributed by atoms with Crippen molar-refractivity contribution in [2.45, 2.75) is 32.4 Å². The molecular formula is C22H25Cl2F2N3O4S. The first-order chi connectivity index (χ1) is 15.8. The second-order valence-electron chi connectivity index (χ2n) is 7.58. The number of sulfonamides is 1. The topological polar surface area (TPSA) is 86.8 Å². The van der Waals surface area contributed by atoms with E-state index in [1.807, 2.05) is 0 Å². The van der Waals surface area contributed by atoms with Gasteiger partial charge in [-0.1, -0.05) is 29.3 Å². The number of nitrogens with zero attached hydrogens (tertiary/aromatic N) is 2. The van der Waals surface area contributed by atoms with E-state index in [1.54, 1.807) is 19.1 Å². The summed E-state index contributed by atoms with van der Waals surface area (Å²) in [6, 6.07) is 6.71. The van der Waals surface area contributed by atoms with Crippen molar-refractivity contribution in [2.24, 2.45) is 0 Å². The molecule has 0 radical (unpaired) electrons. The fraction of sp³-hybridized carbons (Fsp3) is 0.364. The van der Waals surface area contributed by atoms with Crippen LogP contribution < -0.4 is 9.62 Å². The van der Waals surface area contributed by atoms with Crippen LogP contribution in [0.3, 0.4) is 0 Å². The van der Waals surface area contributed by atoms with E-state index in [-0.39, 0.29) is 31.6 Å². The lowest BCUT2D eigenvalue weighted by molar-refractivity contribution is -0.140. The first kappa shape index (κ1) is 27.8. The summed E-state index contributed by atoms with van der Waals surface area (Å²) in [5.41, 5.74) is 0.520. The molecule has 0 saturated carbocycles. The molecular weight excluding hydrogens is 511 g/mol. The minimum Gasteiger partial charge on any atom is -0.357 e. The molecule has 0 saturated heterocycles. The van der Waals surface area contributed by atoms with Gasteiger partial charge in [-0.05, 0) is 43.2 Å². The highest BCUT2D eigenvalue weighted by atomic mass is 35.5. The molecule has 0 fully saturated rings. The summed E-state index contributed by atoms with van der Waals surface area (Å²) in [5, 5.41) is 3.24. The number of carbonyl (C=O) groups is 2. The van der Waals surface area contributed by atoms with Gasteiger partial charge >= 0.3 is 0 Å². The summed E-state index contributed by atoms with van der Waals surface area (Å²) >= 11 is 12.2. The lowest BCUT2D eigenvalue weighted by Crippen LogP contribution is -2.46. The molecule has 1 N–H and O–H groups in total. The Morgan fingerprint density at radius 3 is 2.32 bits per heavy atom. The highest BCUT2D eigenvalue weighted by Gasteiger charge is 2.27. The molecule has 7 nitrogen and oxygen atoms in total. The zero-order chi connectivity index (χ0) is 25.6. The molecule has 12 heteroatoms. The van der Waals surface area contributed by atoms with Crippen LogP contribution in [0.5, 0.6) is 0 Å². The lowest BCUT2D eigenvalue weighted by atomic mass is 10.1. The van der Waals surface area contributed by atoms with Gasteiger partial charge in [0.25, 0.3) is 0 Å². The van der Waals surface area contributed by atoms with E-state index < -0.39 is 39.5 Å². The van der Waals surface area contributed by atoms with Crippen LogP contribution in [0.2, 0.25) is 10.0 Å². The summed E-state index contributed by atoms with van der Waals surface area (Å²) in [6.45, 7) is 1.44. The molecule has 2 amide bonds. The molecule has 2 rings (SSSR count). The highest BCUT2D eigenvalue weighted by Crippen LogP contribution is 2.24. The molecule has 0 aliphatic heterocycles. The summed E-state index contributed by atoms with van der Waals surface area (Å²) in [6.07, 6.45) is 0.886. The number of hydrogen-bond acceptors (Lipinski definition) is 4. The molecule has 0 bridgehead atoms. The monoisotopic (exact) mass is 535 g/mol. The lowest BCUT2D eigenvalue weighted by Gasteiger charge is -2.29. The van der Waals surface area contributed by atoms with Crippen LogP contribution in [0.25, 0.3) is 0 Å². The molecule has 0 spiro atoms. The van der Waals surface area contributed by atoms with Crippen molar-refractivity contribution in [1.29, 1.82) is 0 Å². The van der Waals surface area contributed by atoms with Gasteiger partial charge in [0.15, 0.2) is 11.6 Å². The van der Waals surface area contributed by atoms with E-state index in [2.05, 4.69) is 5.32 Å². The molecule has 0 heterocycles. The number of carbonyl (C=O) groups excluding carboxylic acids is 2. The van der Waals surface area contributed by atoms with Gasteiger partial charge in [-0.3, -0.25) is 13.9 Å². The van der Waals surface area contributed by atoms with Crippen molar-refractivity contribution >= 4 is 50.7 Å². The smallest absolute Gasteiger partial charge is 0.242 e. The summed E-state index contributed by atoms with van der Waals surface area (Å²) < 4.78 is 52.2. The van der Waals surface area contributed by atoms with Crippen molar-refractivity contribution in [3.05, 3.63) is 63.6 Å². The summed E-state index contributed by atoms with van der Waals surface area (Å²) in [5.74, 6) is -3.10. The predicted octanol–water partition coefficient (Wildman–Crippen LogP) is 3.98. The Bertz CT molecular complexity index is 1160. The molecule has 186 valence electrons. The third-order valence-corrected chi connectivity index (χ3v) is 6.89. The van der Waals surface area contributed by atoms with E-state index in [9.17, 15) is 26.8 Å². The summed E-state index contributed by atoms with van der Waals surface area (Å²) in [7, 11) is -2.39. The maximum absolute atomic E-state index is 13.6. The average Bonchev–Trinajstić information content (AvgIpc) is 2.76. The molecule has 0 aliphatic carbocycles. The Hall–Kier alpha value is -2.43. The summed E-state index contributed by atoms with van der Waals surface area (Å²) in [4.78, 5) is 26.6. The molecule has 1 atom stereocenters. The predicted molar refractivity (Wildman–Crippen MR) is 128 cm³/mol. The zero-order valence-corrected chi connectivity index (χ0v) is 21.1. The van der Waals surface area contributed by atoms with Crippen LogP contribution in [0.4, 0.5) is 14.5 Å². The van der Waals surface area contributed by atoms with Crippen molar-refractivity contribution in [2.75, 3.05) is 24.2 Å². The Morgan fingerprint density at radius 1 is 1.09 bits per heavy atom. The van der Waals surface area contributed by atoms with Gasteiger partial charge in [0.2, 0.25) is 21.8 Å². The Morgan fingerprint density at radius 2 is 1.76 bits per heavy atom. The zero-order valence-electron chi connectivity index (χ0n) is 18.8. The molecule has 0 unspecified atom stereocenters. The van der Waals surface area contributed by atoms with Crippen molar-refractivity contribution in [1.82, 2.24) is 10.2 Å². The van der Waals surface area contributed by atoms with E-state index in [0.29, 0.717) is 15.6 Å². The van der Waals surface area contributed by atoms with Gasteiger partial charge in [0.1, 0.15) is 6.04 Å². The van der Waals surface area contributed by atoms with Gasteiger partial charge in [0, 0.05) is 42.7 Å². The number of likely N-dealkylation sites (N-methyl/N-ethyl adjacent to an activating group) is 1. The fourth-order valence-corrected chi connectivity index (χ4v) is 4.69. The minimum atomic E-state index is -3.83. The van der Waals surface area contributed by atoms with E-state index >= 15 is 0 Å². The van der Waals surface area contributed by atoms with Crippen LogP contribution in [-0.4, -0.2) is 51.0 Å². The molecule has 0 aromatic heterocycles. The number of amides is 2. The third-order valence-electron chi connectivity index (χ3n) is 5.11. The number of halogens is 4. The number of benzene rings is 2. The Balaban J connectivity index is 2.19. The van der Waals surface area contributed by atoms with Crippen LogP contribution in [0.1, 0.15) is 25.3 Å². The normalized spacial score (nSPS) is 12.2. The van der Waals surface area contributed by atoms with Gasteiger partial charge in [-0.2, -0.15) is 0 Å². The first-order valence-electron chi connectivity index (χ1n) is 10.2. The molecule has 2 aromatic rings. The van der Waals surface area contributed by atoms with Crippen molar-refractivity contribution in [3.8, 4) is 0 Å². The van der Waals surface area contributed by atoms with Crippen LogP contribution in [0.15, 0.2) is 36.4 Å². The quantitative estimate of drug-likeness (QED) is 0.498. The van der Waals surface area contributed by atoms with Crippen LogP contribution in [0, 0.1) is 11.6 Å². The van der Waals surface area contributed by atoms with Gasteiger partial charge in [-0.15, -0.1) is 0 Å². The Labute approximate surface area is 207 Å². The van der Waals surface area contributed by atoms with Crippen LogP contribution in [-0.2, 0) is 26.2 Å². The largest absolute Gasteiger partial charge is 0.357 e. The number of hydrogen-bond donors (Lipinski definition) is 1. The number of nitrogens with one attached hydrogen (secondary N) is 1. The average molecular weight is 536 g/mol. The van der Waals surface area contributed by atoms with Crippen molar-refractivity contribution in [3.63, 3.8) is 0 Å². The third kappa shape index (κ3) is 7.28. The SMILES string of the molecule is CNC(=O)[C@H](C)N(Cc1ccc(Cl)cc1Cl)C(=O)CCCN(c1ccc(F)c(F)c1)S(C)(=O)=O. The number of anilines is 1. The Kier molecular flexibility index (Phi) is 9.66. The van der Waals surface area contributed by atoms with Gasteiger partial charge < -0.3 is 10.2 Å². The van der Waals surface area contributed by atoms with E-state index in [0.717, 1.165) is 28.8 Å². The second-order valence-corrected chi connectivity index (χ2v) is 10.3. The van der Waals surface area contributed by atoms with E-state index in [1.165, 1.54) is 18.0 Å². The van der Waals surface area contributed by atoms with Gasteiger partial charge in [0.05, 0.1) is 11.9 Å². The molecule has 0 aliphatic rings. The standard InChI is InChI=1S/C22H25Cl2F2N3O4S/c1-14(22(31)27-2)28(13-15-6-7-16(23)11-18(15)24)21(30)5-4-10-29(34(3,32)33)17-8-9-19(25)20(26)12-17/h6-9,11-12,14H,4-5,10,13H2,1-3H3,(H,27,31)/t14-/m0/s1. The minimum absolute atomic E-state index is 0.0301. The van der Waals surface area contributed by atoms with Gasteiger partial charge in [-0.25, -0.2) is 17.2 Å². The van der Waals surface area contributed by atoms with Crippen molar-refractivity contribution < 1.29 is 26.8 Å². The molecule has 2 aromatic carbocycles. The maximum Gasteiger partial charge on any atom is 0.242 e. The number of rotatable bonds is 10.